The molecule has 32 heavy (non-hydrogen) atoms. The molecule has 0 radical (unpaired) electrons. The van der Waals surface area contributed by atoms with E-state index in [4.69, 9.17) is 0 Å². The first-order chi connectivity index (χ1) is 15.4. The van der Waals surface area contributed by atoms with Gasteiger partial charge >= 0.3 is 5.69 Å². The number of halogens is 1. The highest BCUT2D eigenvalue weighted by atomic mass is 32.2. The van der Waals surface area contributed by atoms with E-state index in [0.717, 1.165) is 14.6 Å². The summed E-state index contributed by atoms with van der Waals surface area (Å²) in [6, 6.07) is 14.9. The van der Waals surface area contributed by atoms with Gasteiger partial charge in [-0.3, -0.25) is 19.9 Å². The minimum absolute atomic E-state index is 0.109. The van der Waals surface area contributed by atoms with Crippen LogP contribution in [0.2, 0.25) is 0 Å². The molecule has 4 aromatic rings. The molecule has 0 saturated carbocycles. The molecule has 0 aliphatic heterocycles. The van der Waals surface area contributed by atoms with Crippen LogP contribution >= 0.6 is 23.1 Å². The summed E-state index contributed by atoms with van der Waals surface area (Å²) in [5.74, 6) is -0.706. The lowest BCUT2D eigenvalue weighted by molar-refractivity contribution is -0.385. The number of hydrogen-bond acceptors (Lipinski definition) is 8. The maximum Gasteiger partial charge on any atom is 0.311 e. The van der Waals surface area contributed by atoms with Gasteiger partial charge in [0.15, 0.2) is 15.9 Å². The molecule has 0 aliphatic rings. The fourth-order valence-electron chi connectivity index (χ4n) is 2.80. The van der Waals surface area contributed by atoms with Gasteiger partial charge in [0.05, 0.1) is 26.6 Å². The molecule has 3 aromatic carbocycles. The number of benzene rings is 3. The molecular weight excluding hydrogens is 453 g/mol. The Morgan fingerprint density at radius 3 is 2.72 bits per heavy atom. The van der Waals surface area contributed by atoms with E-state index in [1.165, 1.54) is 71.8 Å². The lowest BCUT2D eigenvalue weighted by atomic mass is 10.1. The minimum atomic E-state index is -0.657. The molecule has 1 heterocycles. The number of nitro groups is 1. The molecule has 0 fully saturated rings. The van der Waals surface area contributed by atoms with Crippen LogP contribution in [0.25, 0.3) is 10.2 Å². The van der Waals surface area contributed by atoms with E-state index < -0.39 is 10.7 Å². The Labute approximate surface area is 189 Å². The summed E-state index contributed by atoms with van der Waals surface area (Å²) in [5.41, 5.74) is 1.95. The number of thioether (sulfide) groups is 1. The first kappa shape index (κ1) is 21.6. The third kappa shape index (κ3) is 4.98. The Bertz CT molecular complexity index is 1350. The fourth-order valence-corrected chi connectivity index (χ4v) is 4.79. The quantitative estimate of drug-likeness (QED) is 0.122. The van der Waals surface area contributed by atoms with Gasteiger partial charge in [-0.05, 0) is 60.2 Å². The van der Waals surface area contributed by atoms with Gasteiger partial charge in [-0.2, -0.15) is 0 Å². The number of carbonyl (C=O) groups excluding carboxylic acids is 1. The molecule has 0 unspecified atom stereocenters. The Kier molecular flexibility index (Phi) is 6.24. The predicted molar refractivity (Wildman–Crippen MR) is 123 cm³/mol. The van der Waals surface area contributed by atoms with Gasteiger partial charge in [-0.15, -0.1) is 11.3 Å². The number of rotatable bonds is 7. The van der Waals surface area contributed by atoms with Crippen molar-refractivity contribution >= 4 is 56.7 Å². The van der Waals surface area contributed by atoms with E-state index in [9.17, 15) is 24.4 Å². The van der Waals surface area contributed by atoms with Crippen molar-refractivity contribution in [1.29, 1.82) is 0 Å². The van der Waals surface area contributed by atoms with Gasteiger partial charge in [0.1, 0.15) is 5.82 Å². The molecular formula is C22H14FN3O4S2. The first-order valence-corrected chi connectivity index (χ1v) is 11.0. The van der Waals surface area contributed by atoms with Crippen molar-refractivity contribution in [2.45, 2.75) is 4.34 Å². The van der Waals surface area contributed by atoms with Crippen molar-refractivity contribution in [2.24, 2.45) is 4.99 Å². The van der Waals surface area contributed by atoms with Crippen molar-refractivity contribution in [3.05, 3.63) is 87.7 Å². The summed E-state index contributed by atoms with van der Waals surface area (Å²) in [4.78, 5) is 31.4. The number of nitro benzene ring substituents is 1. The molecule has 0 bridgehead atoms. The summed E-state index contributed by atoms with van der Waals surface area (Å²) in [7, 11) is 0. The third-order valence-corrected chi connectivity index (χ3v) is 6.57. The zero-order chi connectivity index (χ0) is 22.7. The summed E-state index contributed by atoms with van der Waals surface area (Å²) in [5, 5.41) is 20.5. The summed E-state index contributed by atoms with van der Waals surface area (Å²) >= 11 is 2.74. The van der Waals surface area contributed by atoms with Crippen LogP contribution in [-0.4, -0.2) is 32.8 Å². The highest BCUT2D eigenvalue weighted by molar-refractivity contribution is 8.01. The average Bonchev–Trinajstić information content (AvgIpc) is 3.19. The van der Waals surface area contributed by atoms with Crippen molar-refractivity contribution in [1.82, 2.24) is 4.98 Å². The minimum Gasteiger partial charge on any atom is -0.502 e. The maximum atomic E-state index is 13.0. The highest BCUT2D eigenvalue weighted by Gasteiger charge is 2.13. The molecule has 1 N–H and O–H groups in total. The Morgan fingerprint density at radius 2 is 1.97 bits per heavy atom. The smallest absolute Gasteiger partial charge is 0.311 e. The summed E-state index contributed by atoms with van der Waals surface area (Å²) in [6.45, 7) is 0. The fraction of sp³-hybridized carbons (Fsp3) is 0.0455. The first-order valence-electron chi connectivity index (χ1n) is 9.23. The number of aliphatic imine (C=N–C) groups is 1. The molecule has 0 saturated heterocycles. The van der Waals surface area contributed by atoms with Crippen molar-refractivity contribution in [3.63, 3.8) is 0 Å². The van der Waals surface area contributed by atoms with Crippen LogP contribution in [0.15, 0.2) is 70.0 Å². The third-order valence-electron chi connectivity index (χ3n) is 4.40. The van der Waals surface area contributed by atoms with Crippen molar-refractivity contribution < 1.29 is 19.2 Å². The van der Waals surface area contributed by atoms with Crippen molar-refractivity contribution in [2.75, 3.05) is 5.75 Å². The Morgan fingerprint density at radius 1 is 1.19 bits per heavy atom. The number of fused-ring (bicyclic) bond motifs is 1. The lowest BCUT2D eigenvalue weighted by Gasteiger charge is -1.99. The number of hydrogen-bond donors (Lipinski definition) is 1. The van der Waals surface area contributed by atoms with Gasteiger partial charge in [-0.1, -0.05) is 11.8 Å². The van der Waals surface area contributed by atoms with Crippen LogP contribution in [0.4, 0.5) is 15.8 Å². The number of aromatic nitrogens is 1. The van der Waals surface area contributed by atoms with E-state index in [0.29, 0.717) is 16.8 Å². The molecule has 0 atom stereocenters. The molecule has 0 amide bonds. The van der Waals surface area contributed by atoms with Gasteiger partial charge < -0.3 is 5.11 Å². The number of phenols is 1. The monoisotopic (exact) mass is 467 g/mol. The number of ketones is 1. The molecule has 0 aliphatic carbocycles. The van der Waals surface area contributed by atoms with Crippen LogP contribution < -0.4 is 0 Å². The van der Waals surface area contributed by atoms with E-state index in [-0.39, 0.29) is 23.0 Å². The van der Waals surface area contributed by atoms with E-state index >= 15 is 0 Å². The zero-order valence-corrected chi connectivity index (χ0v) is 17.9. The summed E-state index contributed by atoms with van der Waals surface area (Å²) < 4.78 is 14.6. The second-order valence-electron chi connectivity index (χ2n) is 6.61. The maximum absolute atomic E-state index is 13.0. The van der Waals surface area contributed by atoms with Crippen LogP contribution in [-0.2, 0) is 0 Å². The number of nitrogens with zero attached hydrogens (tertiary/aromatic N) is 3. The van der Waals surface area contributed by atoms with Crippen LogP contribution in [0.5, 0.6) is 5.75 Å². The molecule has 160 valence electrons. The predicted octanol–water partition coefficient (Wildman–Crippen LogP) is 5.77. The topological polar surface area (TPSA) is 106 Å². The normalized spacial score (nSPS) is 11.3. The Hall–Kier alpha value is -3.63. The van der Waals surface area contributed by atoms with Gasteiger partial charge in [0.2, 0.25) is 0 Å². The molecule has 4 rings (SSSR count). The number of carbonyl (C=O) groups is 1. The molecule has 0 spiro atoms. The van der Waals surface area contributed by atoms with Crippen LogP contribution in [0, 0.1) is 15.9 Å². The van der Waals surface area contributed by atoms with Crippen LogP contribution in [0.1, 0.15) is 15.9 Å². The van der Waals surface area contributed by atoms with Gasteiger partial charge in [0.25, 0.3) is 0 Å². The number of Topliss-reactive ketones (excluding diaryl/α,β-unsaturated/α-hetero) is 1. The highest BCUT2D eigenvalue weighted by Crippen LogP contribution is 2.32. The second kappa shape index (κ2) is 9.25. The van der Waals surface area contributed by atoms with Crippen molar-refractivity contribution in [3.8, 4) is 5.75 Å². The largest absolute Gasteiger partial charge is 0.502 e. The molecule has 1 aromatic heterocycles. The van der Waals surface area contributed by atoms with Gasteiger partial charge in [-0.25, -0.2) is 9.37 Å². The molecule has 10 heteroatoms. The van der Waals surface area contributed by atoms with E-state index in [2.05, 4.69) is 9.98 Å². The second-order valence-corrected chi connectivity index (χ2v) is 8.87. The number of phenolic OH excluding ortho intramolecular Hbond substituents is 1. The lowest BCUT2D eigenvalue weighted by Crippen LogP contribution is -2.01. The zero-order valence-electron chi connectivity index (χ0n) is 16.3. The number of aromatic hydroxyl groups is 1. The van der Waals surface area contributed by atoms with Gasteiger partial charge in [0, 0.05) is 17.8 Å². The SMILES string of the molecule is O=C(CSc1nc2ccc(N=Cc3ccc(O)c([N+](=O)[O-])c3)cc2s1)c1ccc(F)cc1. The number of thiazole rings is 1. The van der Waals surface area contributed by atoms with E-state index in [1.54, 1.807) is 6.07 Å². The van der Waals surface area contributed by atoms with E-state index in [1.807, 2.05) is 12.1 Å². The Balaban J connectivity index is 1.46. The average molecular weight is 468 g/mol. The summed E-state index contributed by atoms with van der Waals surface area (Å²) in [6.07, 6.45) is 1.48. The molecule has 7 nitrogen and oxygen atoms in total. The van der Waals surface area contributed by atoms with Crippen LogP contribution in [0.3, 0.4) is 0 Å². The standard InChI is InChI=1S/C22H14FN3O4S2/c23-15-4-2-14(3-5-15)20(28)12-31-22-25-17-7-6-16(10-21(17)32-22)24-11-13-1-8-19(27)18(9-13)26(29)30/h1-11,27H,12H2.